The standard InChI is InChI=1S/C13H10N2O/c1-15-7-6-12(13(15)9-16)11-4-2-10(8-14)3-5-11/h2-7,9H,1H3. The van der Waals surface area contributed by atoms with E-state index in [0.717, 1.165) is 17.4 Å². The Kier molecular flexibility index (Phi) is 2.57. The SMILES string of the molecule is Cn1ccc(-c2ccc(C#N)cc2)c1C=O. The number of nitrogens with zero attached hydrogens (tertiary/aromatic N) is 2. The van der Waals surface area contributed by atoms with E-state index in [2.05, 4.69) is 6.07 Å². The van der Waals surface area contributed by atoms with Crippen molar-refractivity contribution < 1.29 is 4.79 Å². The summed E-state index contributed by atoms with van der Waals surface area (Å²) in [4.78, 5) is 10.9. The van der Waals surface area contributed by atoms with E-state index in [1.165, 1.54) is 0 Å². The predicted molar refractivity (Wildman–Crippen MR) is 61.0 cm³/mol. The van der Waals surface area contributed by atoms with Crippen molar-refractivity contribution in [3.8, 4) is 17.2 Å². The Hall–Kier alpha value is -2.34. The Morgan fingerprint density at radius 2 is 1.94 bits per heavy atom. The van der Waals surface area contributed by atoms with Crippen LogP contribution in [-0.4, -0.2) is 10.9 Å². The Labute approximate surface area is 93.6 Å². The van der Waals surface area contributed by atoms with Crippen molar-refractivity contribution in [1.82, 2.24) is 4.57 Å². The summed E-state index contributed by atoms with van der Waals surface area (Å²) in [5.41, 5.74) is 3.10. The van der Waals surface area contributed by atoms with Crippen LogP contribution in [0.15, 0.2) is 36.5 Å². The molecule has 1 heterocycles. The number of aryl methyl sites for hydroxylation is 1. The van der Waals surface area contributed by atoms with Gasteiger partial charge >= 0.3 is 0 Å². The predicted octanol–water partition coefficient (Wildman–Crippen LogP) is 2.38. The van der Waals surface area contributed by atoms with Gasteiger partial charge in [-0.3, -0.25) is 4.79 Å². The van der Waals surface area contributed by atoms with Gasteiger partial charge in [0.05, 0.1) is 17.3 Å². The molecule has 0 unspecified atom stereocenters. The molecule has 0 radical (unpaired) electrons. The Morgan fingerprint density at radius 1 is 1.25 bits per heavy atom. The van der Waals surface area contributed by atoms with Gasteiger partial charge in [0.2, 0.25) is 0 Å². The van der Waals surface area contributed by atoms with Crippen molar-refractivity contribution in [3.05, 3.63) is 47.8 Å². The molecule has 0 aliphatic carbocycles. The first kappa shape index (κ1) is 10.2. The third-order valence-electron chi connectivity index (χ3n) is 2.56. The second-order valence-electron chi connectivity index (χ2n) is 3.53. The molecular formula is C13H10N2O. The number of hydrogen-bond donors (Lipinski definition) is 0. The smallest absolute Gasteiger partial charge is 0.167 e. The van der Waals surface area contributed by atoms with E-state index in [1.807, 2.05) is 31.4 Å². The lowest BCUT2D eigenvalue weighted by Crippen LogP contribution is -1.94. The first-order valence-corrected chi connectivity index (χ1v) is 4.87. The van der Waals surface area contributed by atoms with Crippen LogP contribution in [0.3, 0.4) is 0 Å². The summed E-state index contributed by atoms with van der Waals surface area (Å²) in [5, 5.41) is 8.69. The summed E-state index contributed by atoms with van der Waals surface area (Å²) < 4.78 is 1.78. The van der Waals surface area contributed by atoms with E-state index in [4.69, 9.17) is 5.26 Å². The summed E-state index contributed by atoms with van der Waals surface area (Å²) in [5.74, 6) is 0. The van der Waals surface area contributed by atoms with Crippen molar-refractivity contribution in [2.75, 3.05) is 0 Å². The topological polar surface area (TPSA) is 45.8 Å². The van der Waals surface area contributed by atoms with E-state index < -0.39 is 0 Å². The van der Waals surface area contributed by atoms with E-state index in [9.17, 15) is 4.79 Å². The molecule has 0 N–H and O–H groups in total. The summed E-state index contributed by atoms with van der Waals surface area (Å²) in [6, 6.07) is 11.1. The average Bonchev–Trinajstić information content (AvgIpc) is 2.70. The zero-order valence-corrected chi connectivity index (χ0v) is 8.84. The van der Waals surface area contributed by atoms with Crippen LogP contribution in [0.25, 0.3) is 11.1 Å². The van der Waals surface area contributed by atoms with E-state index in [-0.39, 0.29) is 0 Å². The largest absolute Gasteiger partial charge is 0.348 e. The number of carbonyl (C=O) groups is 1. The number of aromatic nitrogens is 1. The fourth-order valence-corrected chi connectivity index (χ4v) is 1.66. The maximum absolute atomic E-state index is 10.9. The molecular weight excluding hydrogens is 200 g/mol. The van der Waals surface area contributed by atoms with Gasteiger partial charge in [-0.25, -0.2) is 0 Å². The maximum atomic E-state index is 10.9. The summed E-state index contributed by atoms with van der Waals surface area (Å²) >= 11 is 0. The van der Waals surface area contributed by atoms with Gasteiger partial charge in [0.1, 0.15) is 0 Å². The molecule has 3 heteroatoms. The van der Waals surface area contributed by atoms with E-state index >= 15 is 0 Å². The highest BCUT2D eigenvalue weighted by molar-refractivity contribution is 5.86. The molecule has 0 fully saturated rings. The number of benzene rings is 1. The zero-order valence-electron chi connectivity index (χ0n) is 8.84. The first-order chi connectivity index (χ1) is 7.76. The molecule has 0 aliphatic heterocycles. The molecule has 0 aliphatic rings. The molecule has 0 spiro atoms. The lowest BCUT2D eigenvalue weighted by atomic mass is 10.0. The fraction of sp³-hybridized carbons (Fsp3) is 0.0769. The number of nitriles is 1. The fourth-order valence-electron chi connectivity index (χ4n) is 1.66. The Bertz CT molecular complexity index is 559. The van der Waals surface area contributed by atoms with Gasteiger partial charge in [0.15, 0.2) is 6.29 Å². The van der Waals surface area contributed by atoms with Crippen LogP contribution >= 0.6 is 0 Å². The minimum atomic E-state index is 0.618. The van der Waals surface area contributed by atoms with Gasteiger partial charge in [-0.05, 0) is 23.8 Å². The second-order valence-corrected chi connectivity index (χ2v) is 3.53. The van der Waals surface area contributed by atoms with E-state index in [0.29, 0.717) is 11.3 Å². The molecule has 1 aromatic heterocycles. The molecule has 0 saturated heterocycles. The number of carbonyl (C=O) groups excluding carboxylic acids is 1. The van der Waals surface area contributed by atoms with Crippen molar-refractivity contribution in [2.24, 2.45) is 7.05 Å². The molecule has 1 aromatic carbocycles. The molecule has 2 aromatic rings. The van der Waals surface area contributed by atoms with Gasteiger partial charge in [-0.2, -0.15) is 5.26 Å². The highest BCUT2D eigenvalue weighted by atomic mass is 16.1. The van der Waals surface area contributed by atoms with Crippen LogP contribution in [0.4, 0.5) is 0 Å². The summed E-state index contributed by atoms with van der Waals surface area (Å²) in [6.07, 6.45) is 2.69. The lowest BCUT2D eigenvalue weighted by Gasteiger charge is -2.01. The molecule has 0 amide bonds. The monoisotopic (exact) mass is 210 g/mol. The number of hydrogen-bond acceptors (Lipinski definition) is 2. The molecule has 0 atom stereocenters. The number of aldehydes is 1. The van der Waals surface area contributed by atoms with Gasteiger partial charge in [0, 0.05) is 18.8 Å². The third kappa shape index (κ3) is 1.61. The molecule has 0 saturated carbocycles. The molecule has 0 bridgehead atoms. The van der Waals surface area contributed by atoms with E-state index in [1.54, 1.807) is 16.7 Å². The quantitative estimate of drug-likeness (QED) is 0.714. The van der Waals surface area contributed by atoms with Gasteiger partial charge in [-0.15, -0.1) is 0 Å². The lowest BCUT2D eigenvalue weighted by molar-refractivity contribution is 0.111. The van der Waals surface area contributed by atoms with Crippen molar-refractivity contribution in [2.45, 2.75) is 0 Å². The first-order valence-electron chi connectivity index (χ1n) is 4.87. The van der Waals surface area contributed by atoms with Crippen LogP contribution in [-0.2, 0) is 7.05 Å². The Morgan fingerprint density at radius 3 is 2.50 bits per heavy atom. The highest BCUT2D eigenvalue weighted by Gasteiger charge is 2.07. The maximum Gasteiger partial charge on any atom is 0.167 e. The van der Waals surface area contributed by atoms with Crippen LogP contribution in [0.2, 0.25) is 0 Å². The normalized spacial score (nSPS) is 9.75. The number of rotatable bonds is 2. The molecule has 16 heavy (non-hydrogen) atoms. The molecule has 2 rings (SSSR count). The van der Waals surface area contributed by atoms with Gasteiger partial charge in [-0.1, -0.05) is 12.1 Å². The van der Waals surface area contributed by atoms with Crippen molar-refractivity contribution in [3.63, 3.8) is 0 Å². The van der Waals surface area contributed by atoms with Crippen molar-refractivity contribution in [1.29, 1.82) is 5.26 Å². The molecule has 78 valence electrons. The van der Waals surface area contributed by atoms with Crippen LogP contribution in [0.1, 0.15) is 16.1 Å². The van der Waals surface area contributed by atoms with Gasteiger partial charge in [0.25, 0.3) is 0 Å². The minimum absolute atomic E-state index is 0.618. The summed E-state index contributed by atoms with van der Waals surface area (Å²) in [6.45, 7) is 0. The van der Waals surface area contributed by atoms with Crippen molar-refractivity contribution >= 4 is 6.29 Å². The molecule has 3 nitrogen and oxygen atoms in total. The Balaban J connectivity index is 2.51. The minimum Gasteiger partial charge on any atom is -0.348 e. The second kappa shape index (κ2) is 4.03. The van der Waals surface area contributed by atoms with Crippen LogP contribution in [0, 0.1) is 11.3 Å². The highest BCUT2D eigenvalue weighted by Crippen LogP contribution is 2.23. The van der Waals surface area contributed by atoms with Crippen LogP contribution < -0.4 is 0 Å². The van der Waals surface area contributed by atoms with Crippen LogP contribution in [0.5, 0.6) is 0 Å². The van der Waals surface area contributed by atoms with Gasteiger partial charge < -0.3 is 4.57 Å². The zero-order chi connectivity index (χ0) is 11.5. The third-order valence-corrected chi connectivity index (χ3v) is 2.56. The summed E-state index contributed by atoms with van der Waals surface area (Å²) in [7, 11) is 1.83. The average molecular weight is 210 g/mol.